The molecule has 0 spiro atoms. The molecule has 0 fully saturated rings. The molecule has 0 bridgehead atoms. The van der Waals surface area contributed by atoms with Crippen molar-refractivity contribution in [2.24, 2.45) is 11.3 Å². The summed E-state index contributed by atoms with van der Waals surface area (Å²) in [5, 5.41) is -0.403. The van der Waals surface area contributed by atoms with E-state index in [1.54, 1.807) is 6.55 Å². The topological polar surface area (TPSA) is 40.5 Å². The first-order valence-corrected chi connectivity index (χ1v) is 17.9. The Labute approximate surface area is 237 Å². The highest BCUT2D eigenvalue weighted by Crippen LogP contribution is 2.43. The fraction of sp³-hybridized carbons (Fsp3) is 0.657. The predicted octanol–water partition coefficient (Wildman–Crippen LogP) is 10.6. The molecule has 2 nitrogen and oxygen atoms in total. The molecule has 1 aromatic carbocycles. The van der Waals surface area contributed by atoms with Crippen LogP contribution in [0.1, 0.15) is 130 Å². The van der Waals surface area contributed by atoms with Gasteiger partial charge in [-0.2, -0.15) is 0 Å². The highest BCUT2D eigenvalue weighted by atomic mass is 28.4. The van der Waals surface area contributed by atoms with Crippen molar-refractivity contribution in [2.75, 3.05) is 0 Å². The first-order chi connectivity index (χ1) is 18.0. The molecule has 0 heterocycles. The third-order valence-corrected chi connectivity index (χ3v) is 11.4. The summed E-state index contributed by atoms with van der Waals surface area (Å²) in [4.78, 5) is 21.0. The van der Waals surface area contributed by atoms with Gasteiger partial charge in [-0.3, -0.25) is 0 Å². The Bertz CT molecular complexity index is 809. The number of allylic oxidation sites excluding steroid dienone is 5. The summed E-state index contributed by atoms with van der Waals surface area (Å²) in [7, 11) is -3.22. The average molecular weight is 541 g/mol. The highest BCUT2D eigenvalue weighted by Gasteiger charge is 2.44. The molecular weight excluding hydrogens is 480 g/mol. The summed E-state index contributed by atoms with van der Waals surface area (Å²) in [6.45, 7) is 17.0. The second-order valence-electron chi connectivity index (χ2n) is 12.4. The van der Waals surface area contributed by atoms with Crippen molar-refractivity contribution in [2.45, 2.75) is 136 Å². The van der Waals surface area contributed by atoms with Crippen LogP contribution in [-0.2, 0) is 0 Å². The van der Waals surface area contributed by atoms with Gasteiger partial charge >= 0.3 is 8.56 Å². The van der Waals surface area contributed by atoms with Gasteiger partial charge < -0.3 is 9.59 Å². The average Bonchev–Trinajstić information content (AvgIpc) is 2.87. The highest BCUT2D eigenvalue weighted by molar-refractivity contribution is 6.66. The van der Waals surface area contributed by atoms with Gasteiger partial charge in [0.05, 0.1) is 0 Å². The van der Waals surface area contributed by atoms with Crippen molar-refractivity contribution in [3.8, 4) is 0 Å². The van der Waals surface area contributed by atoms with Gasteiger partial charge in [-0.1, -0.05) is 127 Å². The molecule has 2 N–H and O–H groups in total. The van der Waals surface area contributed by atoms with E-state index < -0.39 is 13.6 Å². The molecule has 0 saturated heterocycles. The number of benzene rings is 1. The van der Waals surface area contributed by atoms with Crippen molar-refractivity contribution in [1.82, 2.24) is 0 Å². The Morgan fingerprint density at radius 3 is 2.16 bits per heavy atom. The molecule has 0 aliphatic carbocycles. The monoisotopic (exact) mass is 540 g/mol. The summed E-state index contributed by atoms with van der Waals surface area (Å²) < 4.78 is 0. The van der Waals surface area contributed by atoms with Crippen molar-refractivity contribution >= 4 is 8.56 Å². The summed E-state index contributed by atoms with van der Waals surface area (Å²) in [5.74, 6) is 0.912. The summed E-state index contributed by atoms with van der Waals surface area (Å²) in [6.07, 6.45) is 26.2. The van der Waals surface area contributed by atoms with E-state index in [0.29, 0.717) is 17.3 Å². The van der Waals surface area contributed by atoms with Crippen molar-refractivity contribution in [3.05, 3.63) is 72.9 Å². The van der Waals surface area contributed by atoms with Crippen molar-refractivity contribution < 1.29 is 9.59 Å². The standard InChI is InChI=1S/C35H60O2Si/c1-8-12-18-27-34(5,25-9-2)28-19-16-21-31(11-4)30-33(32-22-14-13-15-23-32)24-17-20-29-35(6,26-10-3)38(7,36)37/h11,13-15,17,19-20,22-23,28,31,33,36-37H,4,8-10,12,16,18,21,24-27,29-30H2,1-3,5-7H3/b20-17+,28-19+. The lowest BCUT2D eigenvalue weighted by Crippen LogP contribution is -2.44. The number of rotatable bonds is 21. The van der Waals surface area contributed by atoms with Gasteiger partial charge in [-0.15, -0.1) is 6.58 Å². The van der Waals surface area contributed by atoms with E-state index in [4.69, 9.17) is 0 Å². The van der Waals surface area contributed by atoms with E-state index in [2.05, 4.69) is 95.0 Å². The summed E-state index contributed by atoms with van der Waals surface area (Å²) in [6, 6.07) is 10.9. The fourth-order valence-electron chi connectivity index (χ4n) is 5.80. The van der Waals surface area contributed by atoms with E-state index in [9.17, 15) is 9.59 Å². The minimum atomic E-state index is -3.22. The van der Waals surface area contributed by atoms with Crippen LogP contribution in [0.5, 0.6) is 0 Å². The van der Waals surface area contributed by atoms with Crippen molar-refractivity contribution in [3.63, 3.8) is 0 Å². The van der Waals surface area contributed by atoms with Crippen LogP contribution >= 0.6 is 0 Å². The Kier molecular flexibility index (Phi) is 16.4. The van der Waals surface area contributed by atoms with Crippen LogP contribution < -0.4 is 0 Å². The number of unbranched alkanes of at least 4 members (excludes halogenated alkanes) is 2. The van der Waals surface area contributed by atoms with Crippen LogP contribution in [0.4, 0.5) is 0 Å². The molecule has 0 aliphatic heterocycles. The van der Waals surface area contributed by atoms with Gasteiger partial charge in [-0.05, 0) is 80.7 Å². The van der Waals surface area contributed by atoms with E-state index in [-0.39, 0.29) is 0 Å². The van der Waals surface area contributed by atoms with Gasteiger partial charge in [0.2, 0.25) is 0 Å². The Hall–Kier alpha value is -1.42. The van der Waals surface area contributed by atoms with E-state index in [0.717, 1.165) is 44.9 Å². The van der Waals surface area contributed by atoms with Crippen LogP contribution in [-0.4, -0.2) is 18.2 Å². The van der Waals surface area contributed by atoms with Gasteiger partial charge in [0.15, 0.2) is 0 Å². The third-order valence-electron chi connectivity index (χ3n) is 8.69. The molecule has 1 aromatic rings. The zero-order valence-corrected chi connectivity index (χ0v) is 26.7. The molecule has 0 saturated carbocycles. The van der Waals surface area contributed by atoms with Crippen LogP contribution in [0.2, 0.25) is 11.6 Å². The maximum absolute atomic E-state index is 10.5. The third kappa shape index (κ3) is 12.6. The lowest BCUT2D eigenvalue weighted by Gasteiger charge is -2.35. The molecule has 38 heavy (non-hydrogen) atoms. The first-order valence-electron chi connectivity index (χ1n) is 15.5. The predicted molar refractivity (Wildman–Crippen MR) is 171 cm³/mol. The molecule has 216 valence electrons. The molecule has 0 amide bonds. The van der Waals surface area contributed by atoms with Crippen molar-refractivity contribution in [1.29, 1.82) is 0 Å². The number of hydrogen-bond donors (Lipinski definition) is 2. The van der Waals surface area contributed by atoms with Gasteiger partial charge in [-0.25, -0.2) is 0 Å². The second-order valence-corrected chi connectivity index (χ2v) is 15.7. The zero-order valence-electron chi connectivity index (χ0n) is 25.7. The SMILES string of the molecule is C=CC(CC/C=C/C(C)(CCC)CCCCC)CC(C/C=C/CC(C)(CCC)[Si](C)(O)O)c1ccccc1. The molecule has 0 aliphatic rings. The van der Waals surface area contributed by atoms with Gasteiger partial charge in [0, 0.05) is 5.04 Å². The van der Waals surface area contributed by atoms with E-state index in [1.807, 2.05) is 6.92 Å². The smallest absolute Gasteiger partial charge is 0.335 e. The van der Waals surface area contributed by atoms with E-state index >= 15 is 0 Å². The van der Waals surface area contributed by atoms with Crippen LogP contribution in [0.15, 0.2) is 67.3 Å². The Morgan fingerprint density at radius 1 is 0.895 bits per heavy atom. The number of hydrogen-bond acceptors (Lipinski definition) is 2. The minimum absolute atomic E-state index is 0.333. The summed E-state index contributed by atoms with van der Waals surface area (Å²) >= 11 is 0. The normalized spacial score (nSPS) is 17.4. The first kappa shape index (κ1) is 34.6. The molecule has 0 radical (unpaired) electrons. The van der Waals surface area contributed by atoms with Gasteiger partial charge in [0.1, 0.15) is 0 Å². The van der Waals surface area contributed by atoms with Crippen LogP contribution in [0.25, 0.3) is 0 Å². The fourth-order valence-corrected chi connectivity index (χ4v) is 7.03. The van der Waals surface area contributed by atoms with Crippen LogP contribution in [0, 0.1) is 11.3 Å². The molecule has 4 unspecified atom stereocenters. The van der Waals surface area contributed by atoms with Gasteiger partial charge in [0.25, 0.3) is 0 Å². The van der Waals surface area contributed by atoms with E-state index in [1.165, 1.54) is 44.1 Å². The lowest BCUT2D eigenvalue weighted by molar-refractivity contribution is 0.297. The quantitative estimate of drug-likeness (QED) is 0.0924. The maximum Gasteiger partial charge on any atom is 0.335 e. The Balaban J connectivity index is 2.84. The minimum Gasteiger partial charge on any atom is -0.410 e. The van der Waals surface area contributed by atoms with Crippen LogP contribution in [0.3, 0.4) is 0 Å². The maximum atomic E-state index is 10.5. The summed E-state index contributed by atoms with van der Waals surface area (Å²) in [5.41, 5.74) is 1.71. The molecular formula is C35H60O2Si. The molecule has 4 atom stereocenters. The largest absolute Gasteiger partial charge is 0.410 e. The molecule has 0 aromatic heterocycles. The zero-order chi connectivity index (χ0) is 28.5. The second kappa shape index (κ2) is 18.0. The Morgan fingerprint density at radius 2 is 1.58 bits per heavy atom. The lowest BCUT2D eigenvalue weighted by atomic mass is 9.79. The molecule has 3 heteroatoms. The molecule has 1 rings (SSSR count).